The monoisotopic (exact) mass is 400 g/mol. The van der Waals surface area contributed by atoms with Crippen LogP contribution in [0.5, 0.6) is 0 Å². The molecule has 0 amide bonds. The zero-order valence-corrected chi connectivity index (χ0v) is 16.0. The Balaban J connectivity index is 0.00000288. The van der Waals surface area contributed by atoms with Crippen LogP contribution in [0.25, 0.3) is 0 Å². The molecule has 138 valence electrons. The van der Waals surface area contributed by atoms with Crippen molar-refractivity contribution in [2.45, 2.75) is 29.6 Å². The van der Waals surface area contributed by atoms with Gasteiger partial charge in [-0.15, -0.1) is 12.4 Å². The number of rotatable bonds is 5. The zero-order valence-electron chi connectivity index (χ0n) is 13.5. The molecule has 0 aromatic heterocycles. The van der Waals surface area contributed by atoms with E-state index in [-0.39, 0.29) is 29.3 Å². The predicted octanol–water partition coefficient (Wildman–Crippen LogP) is 1.32. The van der Waals surface area contributed by atoms with E-state index in [4.69, 9.17) is 0 Å². The van der Waals surface area contributed by atoms with Crippen molar-refractivity contribution >= 4 is 32.3 Å². The summed E-state index contributed by atoms with van der Waals surface area (Å²) < 4.78 is 63.7. The standard InChI is InChI=1S/C14H21FN2O4S2.ClH/c1-14(5-7-16-8-6-14)10-17-23(20,21)11-3-4-13(12(15)9-11)22(2,18)19;/h3-4,9,16-17H,5-8,10H2,1-2H3;1H. The number of hydrogen-bond donors (Lipinski definition) is 2. The van der Waals surface area contributed by atoms with Gasteiger partial charge in [-0.1, -0.05) is 6.92 Å². The molecule has 2 rings (SSSR count). The number of halogens is 2. The van der Waals surface area contributed by atoms with E-state index in [0.717, 1.165) is 50.4 Å². The molecule has 1 saturated heterocycles. The maximum Gasteiger partial charge on any atom is 0.240 e. The van der Waals surface area contributed by atoms with Crippen LogP contribution in [-0.4, -0.2) is 42.7 Å². The van der Waals surface area contributed by atoms with Crippen LogP contribution in [0.3, 0.4) is 0 Å². The molecule has 0 saturated carbocycles. The third kappa shape index (κ3) is 5.13. The fourth-order valence-electron chi connectivity index (χ4n) is 2.51. The minimum absolute atomic E-state index is 0. The molecule has 1 aromatic carbocycles. The first-order valence-corrected chi connectivity index (χ1v) is 10.6. The number of benzene rings is 1. The highest BCUT2D eigenvalue weighted by molar-refractivity contribution is 7.90. The van der Waals surface area contributed by atoms with Gasteiger partial charge in [0.15, 0.2) is 9.84 Å². The molecule has 2 N–H and O–H groups in total. The van der Waals surface area contributed by atoms with Gasteiger partial charge >= 0.3 is 0 Å². The van der Waals surface area contributed by atoms with Crippen molar-refractivity contribution in [3.05, 3.63) is 24.0 Å². The third-order valence-electron chi connectivity index (χ3n) is 4.11. The number of sulfone groups is 1. The zero-order chi connectivity index (χ0) is 17.3. The molecule has 6 nitrogen and oxygen atoms in total. The van der Waals surface area contributed by atoms with Gasteiger partial charge in [-0.25, -0.2) is 25.9 Å². The van der Waals surface area contributed by atoms with Crippen LogP contribution in [0, 0.1) is 11.2 Å². The van der Waals surface area contributed by atoms with Crippen molar-refractivity contribution in [3.63, 3.8) is 0 Å². The first kappa shape index (κ1) is 21.3. The van der Waals surface area contributed by atoms with Gasteiger partial charge in [0, 0.05) is 12.8 Å². The van der Waals surface area contributed by atoms with Crippen LogP contribution < -0.4 is 10.0 Å². The highest BCUT2D eigenvalue weighted by atomic mass is 35.5. The molecular formula is C14H22ClFN2O4S2. The van der Waals surface area contributed by atoms with E-state index in [1.807, 2.05) is 6.92 Å². The maximum atomic E-state index is 13.9. The second-order valence-corrected chi connectivity index (χ2v) is 10.0. The summed E-state index contributed by atoms with van der Waals surface area (Å²) in [6.45, 7) is 3.92. The van der Waals surface area contributed by atoms with E-state index < -0.39 is 30.6 Å². The van der Waals surface area contributed by atoms with Gasteiger partial charge in [0.25, 0.3) is 0 Å². The Morgan fingerprint density at radius 3 is 2.29 bits per heavy atom. The lowest BCUT2D eigenvalue weighted by Gasteiger charge is -2.34. The Morgan fingerprint density at radius 1 is 1.21 bits per heavy atom. The first-order valence-electron chi connectivity index (χ1n) is 7.24. The average molecular weight is 401 g/mol. The Labute approximate surface area is 148 Å². The minimum atomic E-state index is -3.89. The summed E-state index contributed by atoms with van der Waals surface area (Å²) in [5, 5.41) is 3.21. The molecule has 0 aliphatic carbocycles. The van der Waals surface area contributed by atoms with Crippen molar-refractivity contribution in [3.8, 4) is 0 Å². The summed E-state index contributed by atoms with van der Waals surface area (Å²) in [5.41, 5.74) is -0.149. The second-order valence-electron chi connectivity index (χ2n) is 6.25. The van der Waals surface area contributed by atoms with Gasteiger partial charge < -0.3 is 5.32 Å². The van der Waals surface area contributed by atoms with Crippen molar-refractivity contribution in [1.82, 2.24) is 10.0 Å². The van der Waals surface area contributed by atoms with E-state index in [1.54, 1.807) is 0 Å². The van der Waals surface area contributed by atoms with Gasteiger partial charge in [0.1, 0.15) is 10.7 Å². The minimum Gasteiger partial charge on any atom is -0.317 e. The van der Waals surface area contributed by atoms with Crippen LogP contribution in [0.4, 0.5) is 4.39 Å². The van der Waals surface area contributed by atoms with E-state index in [9.17, 15) is 21.2 Å². The van der Waals surface area contributed by atoms with E-state index in [2.05, 4.69) is 10.0 Å². The largest absolute Gasteiger partial charge is 0.317 e. The Kier molecular flexibility index (Phi) is 6.79. The average Bonchev–Trinajstić information content (AvgIpc) is 2.45. The summed E-state index contributed by atoms with van der Waals surface area (Å²) in [7, 11) is -7.62. The van der Waals surface area contributed by atoms with Crippen molar-refractivity contribution in [1.29, 1.82) is 0 Å². The fourth-order valence-corrected chi connectivity index (χ4v) is 4.45. The van der Waals surface area contributed by atoms with Crippen molar-refractivity contribution in [2.75, 3.05) is 25.9 Å². The lowest BCUT2D eigenvalue weighted by Crippen LogP contribution is -2.42. The lowest BCUT2D eigenvalue weighted by atomic mass is 9.81. The summed E-state index contributed by atoms with van der Waals surface area (Å²) in [5.74, 6) is -1.07. The second kappa shape index (κ2) is 7.65. The van der Waals surface area contributed by atoms with Gasteiger partial charge in [0.2, 0.25) is 10.0 Å². The van der Waals surface area contributed by atoms with Crippen LogP contribution >= 0.6 is 12.4 Å². The highest BCUT2D eigenvalue weighted by Crippen LogP contribution is 2.27. The first-order chi connectivity index (χ1) is 10.5. The quantitative estimate of drug-likeness (QED) is 0.777. The Morgan fingerprint density at radius 2 is 1.79 bits per heavy atom. The molecule has 1 aliphatic heterocycles. The van der Waals surface area contributed by atoms with Crippen LogP contribution in [0.2, 0.25) is 0 Å². The smallest absolute Gasteiger partial charge is 0.240 e. The van der Waals surface area contributed by atoms with Gasteiger partial charge in [-0.05, 0) is 49.5 Å². The molecule has 0 spiro atoms. The SMILES string of the molecule is CC1(CNS(=O)(=O)c2ccc(S(C)(=O)=O)c(F)c2)CCNCC1.Cl. The maximum absolute atomic E-state index is 13.9. The molecule has 0 atom stereocenters. The topological polar surface area (TPSA) is 92.3 Å². The molecule has 1 aliphatic rings. The normalized spacial score (nSPS) is 18.0. The fraction of sp³-hybridized carbons (Fsp3) is 0.571. The van der Waals surface area contributed by atoms with Crippen LogP contribution in [0.1, 0.15) is 19.8 Å². The van der Waals surface area contributed by atoms with Crippen LogP contribution in [-0.2, 0) is 19.9 Å². The summed E-state index contributed by atoms with van der Waals surface area (Å²) in [6, 6.07) is 2.82. The number of nitrogens with one attached hydrogen (secondary N) is 2. The van der Waals surface area contributed by atoms with Crippen molar-refractivity contribution in [2.24, 2.45) is 5.41 Å². The van der Waals surface area contributed by atoms with E-state index in [1.165, 1.54) is 0 Å². The summed E-state index contributed by atoms with van der Waals surface area (Å²) >= 11 is 0. The molecule has 0 radical (unpaired) electrons. The predicted molar refractivity (Wildman–Crippen MR) is 92.2 cm³/mol. The number of sulfonamides is 1. The molecule has 1 heterocycles. The van der Waals surface area contributed by atoms with Gasteiger partial charge in [0.05, 0.1) is 4.90 Å². The number of piperidine rings is 1. The molecular weight excluding hydrogens is 379 g/mol. The summed E-state index contributed by atoms with van der Waals surface area (Å²) in [6.07, 6.45) is 2.56. The summed E-state index contributed by atoms with van der Waals surface area (Å²) in [4.78, 5) is -0.790. The molecule has 0 bridgehead atoms. The van der Waals surface area contributed by atoms with Gasteiger partial charge in [-0.3, -0.25) is 0 Å². The van der Waals surface area contributed by atoms with Crippen LogP contribution in [0.15, 0.2) is 28.0 Å². The Bertz CT molecular complexity index is 791. The number of hydrogen-bond acceptors (Lipinski definition) is 5. The Hall–Kier alpha value is -0.740. The molecule has 1 fully saturated rings. The van der Waals surface area contributed by atoms with E-state index in [0.29, 0.717) is 0 Å². The third-order valence-corrected chi connectivity index (χ3v) is 6.64. The highest BCUT2D eigenvalue weighted by Gasteiger charge is 2.29. The van der Waals surface area contributed by atoms with Gasteiger partial charge in [-0.2, -0.15) is 0 Å². The molecule has 1 aromatic rings. The molecule has 0 unspecified atom stereocenters. The van der Waals surface area contributed by atoms with Crippen molar-refractivity contribution < 1.29 is 21.2 Å². The molecule has 24 heavy (non-hydrogen) atoms. The lowest BCUT2D eigenvalue weighted by molar-refractivity contribution is 0.232. The van der Waals surface area contributed by atoms with E-state index >= 15 is 0 Å². The molecule has 10 heteroatoms.